The molecule has 0 radical (unpaired) electrons. The van der Waals surface area contributed by atoms with Gasteiger partial charge in [0.05, 0.1) is 44.5 Å². The second-order valence-corrected chi connectivity index (χ2v) is 19.2. The third-order valence-corrected chi connectivity index (χ3v) is 13.6. The first-order valence-corrected chi connectivity index (χ1v) is 21.4. The van der Waals surface area contributed by atoms with Gasteiger partial charge >= 0.3 is 14.2 Å². The Balaban J connectivity index is 0.000000175. The van der Waals surface area contributed by atoms with Gasteiger partial charge in [-0.25, -0.2) is 0 Å². The van der Waals surface area contributed by atoms with Crippen LogP contribution < -0.4 is 10.9 Å². The van der Waals surface area contributed by atoms with Crippen molar-refractivity contribution in [3.8, 4) is 11.4 Å². The van der Waals surface area contributed by atoms with Gasteiger partial charge in [0.25, 0.3) is 0 Å². The van der Waals surface area contributed by atoms with Crippen LogP contribution in [-0.4, -0.2) is 45.8 Å². The Morgan fingerprint density at radius 3 is 1.00 bits per heavy atom. The molecule has 10 rings (SSSR count). The minimum atomic E-state index is -0.419. The van der Waals surface area contributed by atoms with Crippen molar-refractivity contribution in [1.29, 1.82) is 0 Å². The fourth-order valence-corrected chi connectivity index (χ4v) is 8.68. The van der Waals surface area contributed by atoms with Crippen molar-refractivity contribution in [1.82, 2.24) is 9.13 Å². The molecule has 0 N–H and O–H groups in total. The molecule has 0 aliphatic carbocycles. The topological polar surface area (TPSA) is 46.8 Å². The predicted molar refractivity (Wildman–Crippen MR) is 248 cm³/mol. The van der Waals surface area contributed by atoms with Crippen molar-refractivity contribution in [2.24, 2.45) is 0 Å². The summed E-state index contributed by atoms with van der Waals surface area (Å²) < 4.78 is 32.3. The molecule has 4 heterocycles. The van der Waals surface area contributed by atoms with E-state index < -0.39 is 36.6 Å². The second-order valence-electron chi connectivity index (χ2n) is 17.4. The number of rotatable bonds is 4. The lowest BCUT2D eigenvalue weighted by Crippen LogP contribution is -2.41. The van der Waals surface area contributed by atoms with Crippen LogP contribution in [0.2, 0.25) is 0 Å². The molecule has 0 spiro atoms. The lowest BCUT2D eigenvalue weighted by Gasteiger charge is -2.32. The molecular weight excluding hydrogens is 850 g/mol. The Kier molecular flexibility index (Phi) is 9.66. The van der Waals surface area contributed by atoms with Crippen molar-refractivity contribution < 1.29 is 18.6 Å². The number of benzene rings is 6. The minimum absolute atomic E-state index is 0.392. The van der Waals surface area contributed by atoms with Crippen molar-refractivity contribution in [3.63, 3.8) is 0 Å². The number of fused-ring (bicyclic) bond motifs is 6. The number of para-hydroxylation sites is 2. The normalized spacial score (nSPS) is 18.0. The first-order valence-electron chi connectivity index (χ1n) is 19.8. The summed E-state index contributed by atoms with van der Waals surface area (Å²) in [7, 11) is -0.839. The average molecular weight is 896 g/mol. The van der Waals surface area contributed by atoms with Crippen molar-refractivity contribution in [3.05, 3.63) is 142 Å². The van der Waals surface area contributed by atoms with Crippen molar-refractivity contribution in [2.45, 2.75) is 77.8 Å². The van der Waals surface area contributed by atoms with Crippen molar-refractivity contribution in [2.75, 3.05) is 0 Å². The monoisotopic (exact) mass is 894 g/mol. The quantitative estimate of drug-likeness (QED) is 0.165. The van der Waals surface area contributed by atoms with Crippen LogP contribution in [0.3, 0.4) is 0 Å². The molecule has 0 saturated carbocycles. The fourth-order valence-electron chi connectivity index (χ4n) is 7.98. The molecule has 292 valence electrons. The Morgan fingerprint density at radius 1 is 0.379 bits per heavy atom. The minimum Gasteiger partial charge on any atom is -0.399 e. The van der Waals surface area contributed by atoms with Crippen LogP contribution in [0.25, 0.3) is 55.0 Å². The smallest absolute Gasteiger partial charge is 0.399 e. The van der Waals surface area contributed by atoms with E-state index in [0.717, 1.165) is 36.6 Å². The van der Waals surface area contributed by atoms with Gasteiger partial charge in [0.1, 0.15) is 0 Å². The molecule has 2 aliphatic heterocycles. The average Bonchev–Trinajstić information content (AvgIpc) is 3.83. The first kappa shape index (κ1) is 39.3. The van der Waals surface area contributed by atoms with E-state index in [1.165, 1.54) is 38.3 Å². The van der Waals surface area contributed by atoms with E-state index >= 15 is 0 Å². The predicted octanol–water partition coefficient (Wildman–Crippen LogP) is 11.7. The molecule has 2 aromatic heterocycles. The number of aromatic nitrogens is 2. The standard InChI is InChI=1S/C30H35B2NO4.C18H11Br2N/c1-27(2)28(3,4)35-31(34-27)20-14-16-23-24-17-15-21(32-36-29(5,6)30(7,8)37-32)19-26(24)33(25(23)18-20)22-12-10-9-11-13-22;19-12-6-8-15-16-9-7-13(20)11-18(16)21(17(15)10-12)14-4-2-1-3-5-14/h9-19H,1-8H3;1-11H. The van der Waals surface area contributed by atoms with E-state index in [0.29, 0.717) is 0 Å². The van der Waals surface area contributed by atoms with E-state index in [1.54, 1.807) is 0 Å². The van der Waals surface area contributed by atoms with Crippen LogP contribution in [0.5, 0.6) is 0 Å². The van der Waals surface area contributed by atoms with Gasteiger partial charge in [-0.2, -0.15) is 0 Å². The van der Waals surface area contributed by atoms with E-state index in [2.05, 4.69) is 218 Å². The summed E-state index contributed by atoms with van der Waals surface area (Å²) in [6, 6.07) is 46.9. The summed E-state index contributed by atoms with van der Waals surface area (Å²) in [5, 5.41) is 4.90. The zero-order chi connectivity index (χ0) is 40.8. The van der Waals surface area contributed by atoms with E-state index in [-0.39, 0.29) is 0 Å². The molecule has 0 bridgehead atoms. The summed E-state index contributed by atoms with van der Waals surface area (Å²) in [5.74, 6) is 0. The molecule has 6 aromatic carbocycles. The zero-order valence-corrected chi connectivity index (χ0v) is 37.3. The van der Waals surface area contributed by atoms with E-state index in [4.69, 9.17) is 18.6 Å². The lowest BCUT2D eigenvalue weighted by atomic mass is 9.78. The number of halogens is 2. The van der Waals surface area contributed by atoms with Gasteiger partial charge in [-0.3, -0.25) is 0 Å². The maximum Gasteiger partial charge on any atom is 0.494 e. The largest absolute Gasteiger partial charge is 0.494 e. The van der Waals surface area contributed by atoms with Gasteiger partial charge in [0.2, 0.25) is 0 Å². The van der Waals surface area contributed by atoms with Gasteiger partial charge in [-0.1, -0.05) is 105 Å². The van der Waals surface area contributed by atoms with Gasteiger partial charge in [-0.15, -0.1) is 0 Å². The zero-order valence-electron chi connectivity index (χ0n) is 34.1. The lowest BCUT2D eigenvalue weighted by molar-refractivity contribution is 0.00578. The molecule has 0 amide bonds. The van der Waals surface area contributed by atoms with Crippen LogP contribution in [0, 0.1) is 0 Å². The van der Waals surface area contributed by atoms with Crippen LogP contribution in [0.4, 0.5) is 0 Å². The molecule has 58 heavy (non-hydrogen) atoms. The highest BCUT2D eigenvalue weighted by molar-refractivity contribution is 9.10. The van der Waals surface area contributed by atoms with E-state index in [1.807, 2.05) is 12.1 Å². The van der Waals surface area contributed by atoms with Gasteiger partial charge in [0.15, 0.2) is 0 Å². The number of hydrogen-bond donors (Lipinski definition) is 0. The number of nitrogens with zero attached hydrogens (tertiary/aromatic N) is 2. The highest BCUT2D eigenvalue weighted by atomic mass is 79.9. The van der Waals surface area contributed by atoms with Gasteiger partial charge in [-0.05, 0) is 127 Å². The Bertz CT molecular complexity index is 2670. The molecule has 10 heteroatoms. The third kappa shape index (κ3) is 6.66. The summed E-state index contributed by atoms with van der Waals surface area (Å²) >= 11 is 7.18. The first-order chi connectivity index (χ1) is 27.5. The molecule has 2 fully saturated rings. The summed E-state index contributed by atoms with van der Waals surface area (Å²) in [4.78, 5) is 0. The fraction of sp³-hybridized carbons (Fsp3) is 0.250. The summed E-state index contributed by atoms with van der Waals surface area (Å²) in [6.07, 6.45) is 0. The Hall–Kier alpha value is -4.15. The maximum absolute atomic E-state index is 6.38. The Morgan fingerprint density at radius 2 is 0.672 bits per heavy atom. The SMILES string of the molecule is Brc1ccc2c3ccc(Br)cc3n(-c3ccccc3)c2c1.CC1(C)OB(c2ccc3c4ccc(B5OC(C)(C)C(C)(C)O5)cc4n(-c4ccccc4)c3c2)OC1(C)C. The molecule has 0 unspecified atom stereocenters. The molecule has 2 aliphatic rings. The van der Waals surface area contributed by atoms with Crippen LogP contribution in [0.15, 0.2) is 142 Å². The Labute approximate surface area is 358 Å². The maximum atomic E-state index is 6.38. The summed E-state index contributed by atoms with van der Waals surface area (Å²) in [6.45, 7) is 16.7. The third-order valence-electron chi connectivity index (χ3n) is 12.6. The molecule has 2 saturated heterocycles. The molecular formula is C48H46B2Br2N2O4. The highest BCUT2D eigenvalue weighted by Crippen LogP contribution is 2.40. The van der Waals surface area contributed by atoms with Gasteiger partial charge in [0, 0.05) is 41.9 Å². The van der Waals surface area contributed by atoms with Crippen LogP contribution in [-0.2, 0) is 18.6 Å². The molecule has 6 nitrogen and oxygen atoms in total. The number of hydrogen-bond acceptors (Lipinski definition) is 4. The van der Waals surface area contributed by atoms with Crippen LogP contribution in [0.1, 0.15) is 55.4 Å². The second kappa shape index (κ2) is 14.3. The molecule has 8 aromatic rings. The van der Waals surface area contributed by atoms with E-state index in [9.17, 15) is 0 Å². The van der Waals surface area contributed by atoms with Crippen molar-refractivity contribution >= 4 is 101 Å². The van der Waals surface area contributed by atoms with Crippen LogP contribution >= 0.6 is 31.9 Å². The van der Waals surface area contributed by atoms with Gasteiger partial charge < -0.3 is 27.8 Å². The molecule has 0 atom stereocenters. The highest BCUT2D eigenvalue weighted by Gasteiger charge is 2.53. The summed E-state index contributed by atoms with van der Waals surface area (Å²) in [5.41, 5.74) is 7.37.